The van der Waals surface area contributed by atoms with Crippen molar-refractivity contribution in [3.05, 3.63) is 35.1 Å². The number of rotatable bonds is 1. The molecule has 0 saturated heterocycles. The molecule has 3 nitrogen and oxygen atoms in total. The van der Waals surface area contributed by atoms with Gasteiger partial charge in [-0.2, -0.15) is 0 Å². The molecule has 0 bridgehead atoms. The topological polar surface area (TPSA) is 43.7 Å². The molecule has 4 heteroatoms. The molecule has 2 atom stereocenters. The van der Waals surface area contributed by atoms with Gasteiger partial charge in [0.15, 0.2) is 0 Å². The van der Waals surface area contributed by atoms with E-state index in [1.165, 1.54) is 23.1 Å². The molecular weight excluding hydrogens is 185 g/mol. The summed E-state index contributed by atoms with van der Waals surface area (Å²) >= 11 is 0. The molecule has 0 aliphatic carbocycles. The van der Waals surface area contributed by atoms with Crippen LogP contribution in [-0.4, -0.2) is 21.7 Å². The molecular formula is C10H12FNO2. The lowest BCUT2D eigenvalue weighted by Crippen LogP contribution is -2.25. The average molecular weight is 197 g/mol. The van der Waals surface area contributed by atoms with Gasteiger partial charge in [-0.1, -0.05) is 13.0 Å². The molecule has 2 unspecified atom stereocenters. The fourth-order valence-corrected chi connectivity index (χ4v) is 1.84. The molecule has 2 rings (SSSR count). The molecule has 2 N–H and O–H groups in total. The number of aliphatic hydroxyl groups is 2. The van der Waals surface area contributed by atoms with Crippen LogP contribution in [0.2, 0.25) is 0 Å². The zero-order chi connectivity index (χ0) is 10.3. The SMILES string of the molecule is CCN1C(O)c2ccc(F)cc2C1O. The summed E-state index contributed by atoms with van der Waals surface area (Å²) in [5.74, 6) is -0.395. The Bertz CT molecular complexity index is 356. The Morgan fingerprint density at radius 1 is 1.29 bits per heavy atom. The van der Waals surface area contributed by atoms with Crippen LogP contribution in [0.3, 0.4) is 0 Å². The minimum atomic E-state index is -0.902. The van der Waals surface area contributed by atoms with Gasteiger partial charge >= 0.3 is 0 Å². The van der Waals surface area contributed by atoms with E-state index in [-0.39, 0.29) is 0 Å². The van der Waals surface area contributed by atoms with Crippen molar-refractivity contribution in [2.75, 3.05) is 6.54 Å². The summed E-state index contributed by atoms with van der Waals surface area (Å²) in [6.45, 7) is 2.34. The van der Waals surface area contributed by atoms with Gasteiger partial charge in [-0.15, -0.1) is 0 Å². The Kier molecular flexibility index (Phi) is 2.26. The highest BCUT2D eigenvalue weighted by atomic mass is 19.1. The van der Waals surface area contributed by atoms with Gasteiger partial charge in [-0.3, -0.25) is 0 Å². The minimum absolute atomic E-state index is 0.395. The Hall–Kier alpha value is -0.970. The van der Waals surface area contributed by atoms with E-state index in [2.05, 4.69) is 0 Å². The second kappa shape index (κ2) is 3.31. The van der Waals surface area contributed by atoms with E-state index in [9.17, 15) is 14.6 Å². The molecule has 76 valence electrons. The fraction of sp³-hybridized carbons (Fsp3) is 0.400. The molecule has 0 amide bonds. The number of fused-ring (bicyclic) bond motifs is 1. The van der Waals surface area contributed by atoms with E-state index in [1.807, 2.05) is 6.92 Å². The molecule has 1 aliphatic rings. The van der Waals surface area contributed by atoms with Gasteiger partial charge in [0.05, 0.1) is 0 Å². The standard InChI is InChI=1S/C10H12FNO2/c1-2-12-9(13)7-4-3-6(11)5-8(7)10(12)14/h3-5,9-10,13-14H,2H2,1H3. The van der Waals surface area contributed by atoms with Crippen molar-refractivity contribution in [3.8, 4) is 0 Å². The molecule has 0 fully saturated rings. The number of hydrogen-bond donors (Lipinski definition) is 2. The Balaban J connectivity index is 2.47. The number of benzene rings is 1. The monoisotopic (exact) mass is 197 g/mol. The Morgan fingerprint density at radius 2 is 1.93 bits per heavy atom. The van der Waals surface area contributed by atoms with E-state index in [0.29, 0.717) is 17.7 Å². The summed E-state index contributed by atoms with van der Waals surface area (Å²) in [6, 6.07) is 4.06. The van der Waals surface area contributed by atoms with Crippen LogP contribution in [0.5, 0.6) is 0 Å². The maximum Gasteiger partial charge on any atom is 0.136 e. The quantitative estimate of drug-likeness (QED) is 0.709. The van der Waals surface area contributed by atoms with Crippen molar-refractivity contribution >= 4 is 0 Å². The van der Waals surface area contributed by atoms with Crippen LogP contribution >= 0.6 is 0 Å². The van der Waals surface area contributed by atoms with Gasteiger partial charge in [0, 0.05) is 17.7 Å². The fourth-order valence-electron chi connectivity index (χ4n) is 1.84. The smallest absolute Gasteiger partial charge is 0.136 e. The largest absolute Gasteiger partial charge is 0.374 e. The van der Waals surface area contributed by atoms with E-state index >= 15 is 0 Å². The van der Waals surface area contributed by atoms with Gasteiger partial charge in [0.1, 0.15) is 18.3 Å². The van der Waals surface area contributed by atoms with Crippen LogP contribution in [0.1, 0.15) is 30.5 Å². The van der Waals surface area contributed by atoms with Crippen LogP contribution in [0, 0.1) is 5.82 Å². The van der Waals surface area contributed by atoms with Crippen molar-refractivity contribution < 1.29 is 14.6 Å². The number of aliphatic hydroxyl groups excluding tert-OH is 2. The normalized spacial score (nSPS) is 26.6. The molecule has 0 radical (unpaired) electrons. The van der Waals surface area contributed by atoms with Crippen molar-refractivity contribution in [2.45, 2.75) is 19.4 Å². The zero-order valence-corrected chi connectivity index (χ0v) is 7.81. The lowest BCUT2D eigenvalue weighted by Gasteiger charge is -2.21. The van der Waals surface area contributed by atoms with E-state index in [4.69, 9.17) is 0 Å². The first-order valence-electron chi connectivity index (χ1n) is 4.56. The van der Waals surface area contributed by atoms with Crippen LogP contribution in [0.15, 0.2) is 18.2 Å². The predicted octanol–water partition coefficient (Wildman–Crippen LogP) is 1.14. The maximum atomic E-state index is 12.9. The molecule has 1 heterocycles. The second-order valence-electron chi connectivity index (χ2n) is 3.35. The second-order valence-corrected chi connectivity index (χ2v) is 3.35. The van der Waals surface area contributed by atoms with Gasteiger partial charge in [0.25, 0.3) is 0 Å². The molecule has 0 saturated carbocycles. The van der Waals surface area contributed by atoms with Crippen molar-refractivity contribution in [2.24, 2.45) is 0 Å². The number of halogens is 1. The summed E-state index contributed by atoms with van der Waals surface area (Å²) in [6.07, 6.45) is -1.73. The molecule has 1 aromatic carbocycles. The molecule has 14 heavy (non-hydrogen) atoms. The van der Waals surface area contributed by atoms with Crippen molar-refractivity contribution in [1.29, 1.82) is 0 Å². The summed E-state index contributed by atoms with van der Waals surface area (Å²) in [5.41, 5.74) is 1.04. The van der Waals surface area contributed by atoms with E-state index < -0.39 is 18.3 Å². The highest BCUT2D eigenvalue weighted by Gasteiger charge is 2.35. The Morgan fingerprint density at radius 3 is 2.57 bits per heavy atom. The van der Waals surface area contributed by atoms with Crippen LogP contribution in [0.25, 0.3) is 0 Å². The molecule has 1 aliphatic heterocycles. The first kappa shape index (κ1) is 9.58. The van der Waals surface area contributed by atoms with Crippen molar-refractivity contribution in [3.63, 3.8) is 0 Å². The number of hydrogen-bond acceptors (Lipinski definition) is 3. The third kappa shape index (κ3) is 1.23. The first-order chi connectivity index (χ1) is 6.65. The molecule has 0 aromatic heterocycles. The van der Waals surface area contributed by atoms with Gasteiger partial charge < -0.3 is 10.2 Å². The summed E-state index contributed by atoms with van der Waals surface area (Å²) < 4.78 is 12.9. The highest BCUT2D eigenvalue weighted by Crippen LogP contribution is 2.38. The van der Waals surface area contributed by atoms with Gasteiger partial charge in [-0.25, -0.2) is 9.29 Å². The molecule has 0 spiro atoms. The van der Waals surface area contributed by atoms with Crippen LogP contribution < -0.4 is 0 Å². The Labute approximate surface area is 81.4 Å². The minimum Gasteiger partial charge on any atom is -0.374 e. The van der Waals surface area contributed by atoms with E-state index in [1.54, 1.807) is 0 Å². The maximum absolute atomic E-state index is 12.9. The predicted molar refractivity (Wildman–Crippen MR) is 48.7 cm³/mol. The van der Waals surface area contributed by atoms with Crippen LogP contribution in [-0.2, 0) is 0 Å². The van der Waals surface area contributed by atoms with Gasteiger partial charge in [-0.05, 0) is 12.1 Å². The average Bonchev–Trinajstić information content (AvgIpc) is 2.39. The zero-order valence-electron chi connectivity index (χ0n) is 7.81. The lowest BCUT2D eigenvalue weighted by atomic mass is 10.1. The first-order valence-corrected chi connectivity index (χ1v) is 4.56. The van der Waals surface area contributed by atoms with E-state index in [0.717, 1.165) is 0 Å². The van der Waals surface area contributed by atoms with Crippen molar-refractivity contribution in [1.82, 2.24) is 4.90 Å². The third-order valence-electron chi connectivity index (χ3n) is 2.60. The summed E-state index contributed by atoms with van der Waals surface area (Å²) in [5, 5.41) is 19.5. The van der Waals surface area contributed by atoms with Crippen LogP contribution in [0.4, 0.5) is 4.39 Å². The summed E-state index contributed by atoms with van der Waals surface area (Å²) in [7, 11) is 0. The third-order valence-corrected chi connectivity index (χ3v) is 2.60. The highest BCUT2D eigenvalue weighted by molar-refractivity contribution is 5.35. The number of nitrogens with zero attached hydrogens (tertiary/aromatic N) is 1. The lowest BCUT2D eigenvalue weighted by molar-refractivity contribution is -0.0809. The summed E-state index contributed by atoms with van der Waals surface area (Å²) in [4.78, 5) is 1.49. The van der Waals surface area contributed by atoms with Gasteiger partial charge in [0.2, 0.25) is 0 Å². The molecule has 1 aromatic rings.